The van der Waals surface area contributed by atoms with Gasteiger partial charge in [0.1, 0.15) is 0 Å². The second kappa shape index (κ2) is 5.90. The monoisotopic (exact) mass is 332 g/mol. The Labute approximate surface area is 143 Å². The minimum atomic E-state index is -0.229. The van der Waals surface area contributed by atoms with Crippen molar-refractivity contribution < 1.29 is 0 Å². The van der Waals surface area contributed by atoms with Gasteiger partial charge in [-0.3, -0.25) is 24.4 Å². The van der Waals surface area contributed by atoms with E-state index in [0.29, 0.717) is 17.4 Å². The first-order valence-corrected chi connectivity index (χ1v) is 7.94. The lowest BCUT2D eigenvalue weighted by Crippen LogP contribution is -2.20. The molecule has 6 heteroatoms. The van der Waals surface area contributed by atoms with Crippen LogP contribution in [-0.4, -0.2) is 19.3 Å². The average molecular weight is 332 g/mol. The molecule has 25 heavy (non-hydrogen) atoms. The number of pyridine rings is 2. The van der Waals surface area contributed by atoms with Crippen LogP contribution in [0.15, 0.2) is 70.5 Å². The molecule has 1 N–H and O–H groups in total. The van der Waals surface area contributed by atoms with Crippen LogP contribution in [0.25, 0.3) is 16.6 Å². The van der Waals surface area contributed by atoms with Crippen molar-refractivity contribution in [2.45, 2.75) is 13.5 Å². The van der Waals surface area contributed by atoms with Crippen LogP contribution in [0.3, 0.4) is 0 Å². The van der Waals surface area contributed by atoms with Crippen LogP contribution in [0.4, 0.5) is 0 Å². The zero-order valence-corrected chi connectivity index (χ0v) is 13.6. The molecule has 0 aliphatic rings. The summed E-state index contributed by atoms with van der Waals surface area (Å²) in [4.78, 5) is 29.1. The second-order valence-corrected chi connectivity index (χ2v) is 5.92. The highest BCUT2D eigenvalue weighted by molar-refractivity contribution is 5.79. The van der Waals surface area contributed by atoms with Crippen LogP contribution < -0.4 is 11.1 Å². The number of fused-ring (bicyclic) bond motifs is 1. The number of nitrogens with zero attached hydrogens (tertiary/aromatic N) is 3. The summed E-state index contributed by atoms with van der Waals surface area (Å²) in [7, 11) is 0. The van der Waals surface area contributed by atoms with Crippen molar-refractivity contribution in [1.29, 1.82) is 0 Å². The lowest BCUT2D eigenvalue weighted by Gasteiger charge is -2.09. The first kappa shape index (κ1) is 15.1. The van der Waals surface area contributed by atoms with Crippen molar-refractivity contribution in [2.24, 2.45) is 0 Å². The fraction of sp³-hybridized carbons (Fsp3) is 0.105. The first-order valence-electron chi connectivity index (χ1n) is 7.94. The van der Waals surface area contributed by atoms with Crippen LogP contribution in [0.1, 0.15) is 11.3 Å². The molecule has 124 valence electrons. The predicted molar refractivity (Wildman–Crippen MR) is 96.2 cm³/mol. The molecule has 0 saturated heterocycles. The molecule has 1 aromatic carbocycles. The molecule has 0 spiro atoms. The Balaban J connectivity index is 1.88. The molecule has 3 aromatic heterocycles. The van der Waals surface area contributed by atoms with E-state index in [9.17, 15) is 9.59 Å². The van der Waals surface area contributed by atoms with E-state index in [-0.39, 0.29) is 11.1 Å². The summed E-state index contributed by atoms with van der Waals surface area (Å²) in [5.41, 5.74) is 2.78. The molecule has 0 radical (unpaired) electrons. The van der Waals surface area contributed by atoms with E-state index < -0.39 is 0 Å². The van der Waals surface area contributed by atoms with Gasteiger partial charge in [0.15, 0.2) is 0 Å². The highest BCUT2D eigenvalue weighted by Crippen LogP contribution is 2.17. The minimum Gasteiger partial charge on any atom is -0.309 e. The van der Waals surface area contributed by atoms with Crippen molar-refractivity contribution in [3.8, 4) is 5.69 Å². The van der Waals surface area contributed by atoms with Gasteiger partial charge in [0, 0.05) is 18.5 Å². The number of hydrogen-bond donors (Lipinski definition) is 1. The Bertz CT molecular complexity index is 1170. The van der Waals surface area contributed by atoms with Crippen molar-refractivity contribution >= 4 is 10.9 Å². The van der Waals surface area contributed by atoms with E-state index >= 15 is 0 Å². The van der Waals surface area contributed by atoms with Crippen molar-refractivity contribution in [1.82, 2.24) is 19.3 Å². The molecule has 0 aliphatic carbocycles. The van der Waals surface area contributed by atoms with Gasteiger partial charge in [0.05, 0.1) is 28.8 Å². The molecule has 0 bridgehead atoms. The highest BCUT2D eigenvalue weighted by Gasteiger charge is 2.12. The SMILES string of the molecule is Cc1ccccc1-n1[nH]c(=O)c2cn(Cc3ccccn3)c(=O)cc21. The Kier molecular flexibility index (Phi) is 3.57. The first-order chi connectivity index (χ1) is 12.1. The third kappa shape index (κ3) is 2.67. The fourth-order valence-corrected chi connectivity index (χ4v) is 2.94. The van der Waals surface area contributed by atoms with E-state index in [2.05, 4.69) is 10.1 Å². The number of aromatic amines is 1. The summed E-state index contributed by atoms with van der Waals surface area (Å²) >= 11 is 0. The van der Waals surface area contributed by atoms with Gasteiger partial charge in [-0.2, -0.15) is 0 Å². The van der Waals surface area contributed by atoms with E-state index in [0.717, 1.165) is 16.9 Å². The molecule has 0 amide bonds. The maximum absolute atomic E-state index is 12.5. The number of hydrogen-bond acceptors (Lipinski definition) is 3. The van der Waals surface area contributed by atoms with E-state index in [1.54, 1.807) is 17.1 Å². The number of aryl methyl sites for hydroxylation is 1. The normalized spacial score (nSPS) is 11.1. The van der Waals surface area contributed by atoms with Crippen molar-refractivity contribution in [3.05, 3.63) is 92.9 Å². The van der Waals surface area contributed by atoms with Crippen LogP contribution in [0.5, 0.6) is 0 Å². The third-order valence-corrected chi connectivity index (χ3v) is 4.22. The van der Waals surface area contributed by atoms with Gasteiger partial charge in [0.2, 0.25) is 0 Å². The van der Waals surface area contributed by atoms with Gasteiger partial charge in [-0.05, 0) is 30.7 Å². The zero-order valence-electron chi connectivity index (χ0n) is 13.6. The standard InChI is InChI=1S/C19H16N4O2/c1-13-6-2-3-8-16(13)23-17-10-18(24)22(12-15(17)19(25)21-23)11-14-7-4-5-9-20-14/h2-10,12H,11H2,1H3,(H,21,25). The number of rotatable bonds is 3. The molecular formula is C19H16N4O2. The van der Waals surface area contributed by atoms with Crippen LogP contribution in [0.2, 0.25) is 0 Å². The lowest BCUT2D eigenvalue weighted by molar-refractivity contribution is 0.744. The van der Waals surface area contributed by atoms with Crippen LogP contribution in [0, 0.1) is 6.92 Å². The Morgan fingerprint density at radius 1 is 1.08 bits per heavy atom. The van der Waals surface area contributed by atoms with Crippen LogP contribution in [-0.2, 0) is 6.54 Å². The minimum absolute atomic E-state index is 0.181. The summed E-state index contributed by atoms with van der Waals surface area (Å²) in [5, 5.41) is 3.29. The molecule has 0 saturated carbocycles. The van der Waals surface area contributed by atoms with Gasteiger partial charge in [0.25, 0.3) is 11.1 Å². The van der Waals surface area contributed by atoms with Crippen molar-refractivity contribution in [2.75, 3.05) is 0 Å². The van der Waals surface area contributed by atoms with Gasteiger partial charge >= 0.3 is 0 Å². The fourth-order valence-electron chi connectivity index (χ4n) is 2.94. The Morgan fingerprint density at radius 2 is 1.88 bits per heavy atom. The highest BCUT2D eigenvalue weighted by atomic mass is 16.1. The maximum atomic E-state index is 12.5. The molecule has 0 unspecified atom stereocenters. The number of H-pyrrole nitrogens is 1. The summed E-state index contributed by atoms with van der Waals surface area (Å²) in [6.45, 7) is 2.28. The predicted octanol–water partition coefficient (Wildman–Crippen LogP) is 2.23. The number of benzene rings is 1. The smallest absolute Gasteiger partial charge is 0.273 e. The summed E-state index contributed by atoms with van der Waals surface area (Å²) < 4.78 is 3.17. The maximum Gasteiger partial charge on any atom is 0.273 e. The van der Waals surface area contributed by atoms with Gasteiger partial charge in [-0.15, -0.1) is 0 Å². The molecule has 6 nitrogen and oxygen atoms in total. The summed E-state index contributed by atoms with van der Waals surface area (Å²) in [5.74, 6) is 0. The van der Waals surface area contributed by atoms with E-state index in [4.69, 9.17) is 0 Å². The number of para-hydroxylation sites is 1. The summed E-state index contributed by atoms with van der Waals surface area (Å²) in [6.07, 6.45) is 3.28. The molecule has 0 fully saturated rings. The molecular weight excluding hydrogens is 316 g/mol. The van der Waals surface area contributed by atoms with E-state index in [1.165, 1.54) is 10.6 Å². The topological polar surface area (TPSA) is 72.7 Å². The number of nitrogens with one attached hydrogen (secondary N) is 1. The molecule has 0 aliphatic heterocycles. The average Bonchev–Trinajstić information content (AvgIpc) is 2.92. The zero-order chi connectivity index (χ0) is 17.4. The molecule has 0 atom stereocenters. The largest absolute Gasteiger partial charge is 0.309 e. The molecule has 4 rings (SSSR count). The Morgan fingerprint density at radius 3 is 2.64 bits per heavy atom. The van der Waals surface area contributed by atoms with E-state index in [1.807, 2.05) is 49.4 Å². The van der Waals surface area contributed by atoms with Gasteiger partial charge in [-0.25, -0.2) is 0 Å². The molecule has 3 heterocycles. The second-order valence-electron chi connectivity index (χ2n) is 5.92. The number of aromatic nitrogens is 4. The quantitative estimate of drug-likeness (QED) is 0.625. The van der Waals surface area contributed by atoms with Gasteiger partial charge < -0.3 is 4.57 Å². The Hall–Kier alpha value is -3.41. The van der Waals surface area contributed by atoms with Crippen LogP contribution >= 0.6 is 0 Å². The van der Waals surface area contributed by atoms with Gasteiger partial charge in [-0.1, -0.05) is 24.3 Å². The summed E-state index contributed by atoms with van der Waals surface area (Å²) in [6, 6.07) is 14.7. The third-order valence-electron chi connectivity index (χ3n) is 4.22. The molecule has 4 aromatic rings. The van der Waals surface area contributed by atoms with Crippen molar-refractivity contribution in [3.63, 3.8) is 0 Å². The lowest BCUT2D eigenvalue weighted by atomic mass is 10.2.